The van der Waals surface area contributed by atoms with Gasteiger partial charge in [-0.1, -0.05) is 12.1 Å². The van der Waals surface area contributed by atoms with Gasteiger partial charge < -0.3 is 10.2 Å². The molecule has 2 amide bonds. The van der Waals surface area contributed by atoms with Gasteiger partial charge >= 0.3 is 0 Å². The first-order chi connectivity index (χ1) is 11.3. The number of anilines is 1. The minimum atomic E-state index is -0.568. The van der Waals surface area contributed by atoms with Crippen LogP contribution in [-0.4, -0.2) is 18.9 Å². The molecule has 3 rings (SSSR count). The standard InChI is InChI=1S/C19H19FN2O2/c1-19(2)15-10-12(4-9-16(15)22(3)18(19)24)11-21-17(23)13-5-7-14(20)8-6-13/h4-10H,11H2,1-3H3,(H,21,23). The Balaban J connectivity index is 1.76. The van der Waals surface area contributed by atoms with E-state index in [9.17, 15) is 14.0 Å². The SMILES string of the molecule is CN1C(=O)C(C)(C)c2cc(CNC(=O)c3ccc(F)cc3)ccc21. The molecule has 2 aromatic rings. The van der Waals surface area contributed by atoms with Crippen LogP contribution in [0.4, 0.5) is 10.1 Å². The summed E-state index contributed by atoms with van der Waals surface area (Å²) in [5, 5.41) is 2.82. The largest absolute Gasteiger partial charge is 0.348 e. The van der Waals surface area contributed by atoms with Crippen LogP contribution in [0.5, 0.6) is 0 Å². The molecule has 1 aliphatic rings. The minimum absolute atomic E-state index is 0.0602. The average molecular weight is 326 g/mol. The number of nitrogens with one attached hydrogen (secondary N) is 1. The molecule has 0 aliphatic carbocycles. The number of rotatable bonds is 3. The van der Waals surface area contributed by atoms with Gasteiger partial charge in [0.15, 0.2) is 0 Å². The van der Waals surface area contributed by atoms with Crippen LogP contribution in [-0.2, 0) is 16.8 Å². The van der Waals surface area contributed by atoms with E-state index in [1.807, 2.05) is 32.0 Å². The third-order valence-corrected chi connectivity index (χ3v) is 4.49. The van der Waals surface area contributed by atoms with Crippen molar-refractivity contribution in [3.8, 4) is 0 Å². The molecule has 0 spiro atoms. The van der Waals surface area contributed by atoms with Crippen LogP contribution in [0, 0.1) is 5.82 Å². The van der Waals surface area contributed by atoms with Crippen molar-refractivity contribution < 1.29 is 14.0 Å². The molecule has 0 aromatic heterocycles. The smallest absolute Gasteiger partial charge is 0.251 e. The first kappa shape index (κ1) is 16.2. The molecule has 1 N–H and O–H groups in total. The van der Waals surface area contributed by atoms with Gasteiger partial charge in [-0.3, -0.25) is 9.59 Å². The number of halogens is 1. The first-order valence-corrected chi connectivity index (χ1v) is 7.76. The van der Waals surface area contributed by atoms with Gasteiger partial charge in [0.25, 0.3) is 5.91 Å². The van der Waals surface area contributed by atoms with Gasteiger partial charge in [0.2, 0.25) is 5.91 Å². The number of fused-ring (bicyclic) bond motifs is 1. The van der Waals surface area contributed by atoms with E-state index < -0.39 is 5.41 Å². The highest BCUT2D eigenvalue weighted by Crippen LogP contribution is 2.40. The molecule has 1 aliphatic heterocycles. The molecule has 0 unspecified atom stereocenters. The second-order valence-corrected chi connectivity index (χ2v) is 6.53. The van der Waals surface area contributed by atoms with E-state index in [1.165, 1.54) is 24.3 Å². The van der Waals surface area contributed by atoms with Crippen molar-refractivity contribution in [3.05, 3.63) is 65.0 Å². The molecular weight excluding hydrogens is 307 g/mol. The van der Waals surface area contributed by atoms with Crippen LogP contribution < -0.4 is 10.2 Å². The predicted molar refractivity (Wildman–Crippen MR) is 90.4 cm³/mol. The van der Waals surface area contributed by atoms with Crippen molar-refractivity contribution in [1.29, 1.82) is 0 Å². The fourth-order valence-corrected chi connectivity index (χ4v) is 3.02. The van der Waals surface area contributed by atoms with Crippen molar-refractivity contribution in [2.45, 2.75) is 25.8 Å². The summed E-state index contributed by atoms with van der Waals surface area (Å²) < 4.78 is 12.9. The Labute approximate surface area is 140 Å². The third-order valence-electron chi connectivity index (χ3n) is 4.49. The van der Waals surface area contributed by atoms with Crippen molar-refractivity contribution in [2.75, 3.05) is 11.9 Å². The molecule has 4 nitrogen and oxygen atoms in total. The number of likely N-dealkylation sites (N-methyl/N-ethyl adjacent to an activating group) is 1. The highest BCUT2D eigenvalue weighted by atomic mass is 19.1. The highest BCUT2D eigenvalue weighted by Gasteiger charge is 2.42. The molecule has 0 radical (unpaired) electrons. The van der Waals surface area contributed by atoms with Gasteiger partial charge in [-0.25, -0.2) is 4.39 Å². The van der Waals surface area contributed by atoms with E-state index in [-0.39, 0.29) is 17.6 Å². The number of hydrogen-bond acceptors (Lipinski definition) is 2. The maximum atomic E-state index is 12.9. The Morgan fingerprint density at radius 2 is 1.83 bits per heavy atom. The van der Waals surface area contributed by atoms with Crippen LogP contribution in [0.2, 0.25) is 0 Å². The Bertz CT molecular complexity index is 813. The molecule has 0 saturated carbocycles. The fraction of sp³-hybridized carbons (Fsp3) is 0.263. The number of carbonyl (C=O) groups excluding carboxylic acids is 2. The summed E-state index contributed by atoms with van der Waals surface area (Å²) in [5.41, 5.74) is 2.62. The van der Waals surface area contributed by atoms with Gasteiger partial charge in [-0.05, 0) is 55.3 Å². The van der Waals surface area contributed by atoms with E-state index in [4.69, 9.17) is 0 Å². The summed E-state index contributed by atoms with van der Waals surface area (Å²) in [6.45, 7) is 4.15. The molecule has 2 aromatic carbocycles. The lowest BCUT2D eigenvalue weighted by Crippen LogP contribution is -2.33. The Morgan fingerprint density at radius 1 is 1.17 bits per heavy atom. The normalized spacial score (nSPS) is 15.3. The Hall–Kier alpha value is -2.69. The van der Waals surface area contributed by atoms with E-state index in [2.05, 4.69) is 5.32 Å². The van der Waals surface area contributed by atoms with Crippen LogP contribution in [0.25, 0.3) is 0 Å². The lowest BCUT2D eigenvalue weighted by Gasteiger charge is -2.16. The van der Waals surface area contributed by atoms with Crippen molar-refractivity contribution in [1.82, 2.24) is 5.32 Å². The van der Waals surface area contributed by atoms with Crippen molar-refractivity contribution in [2.24, 2.45) is 0 Å². The van der Waals surface area contributed by atoms with Crippen molar-refractivity contribution >= 4 is 17.5 Å². The molecule has 24 heavy (non-hydrogen) atoms. The zero-order valence-corrected chi connectivity index (χ0v) is 13.9. The summed E-state index contributed by atoms with van der Waals surface area (Å²) in [6, 6.07) is 11.2. The zero-order chi connectivity index (χ0) is 17.5. The van der Waals surface area contributed by atoms with Crippen LogP contribution in [0.1, 0.15) is 35.3 Å². The second kappa shape index (κ2) is 5.74. The molecule has 0 fully saturated rings. The average Bonchev–Trinajstić information content (AvgIpc) is 2.74. The lowest BCUT2D eigenvalue weighted by atomic mass is 9.85. The predicted octanol–water partition coefficient (Wildman–Crippen LogP) is 3.01. The summed E-state index contributed by atoms with van der Waals surface area (Å²) in [7, 11) is 1.77. The molecule has 124 valence electrons. The summed E-state index contributed by atoms with van der Waals surface area (Å²) in [5.74, 6) is -0.575. The summed E-state index contributed by atoms with van der Waals surface area (Å²) in [4.78, 5) is 26.1. The van der Waals surface area contributed by atoms with Gasteiger partial charge in [0.1, 0.15) is 5.82 Å². The lowest BCUT2D eigenvalue weighted by molar-refractivity contribution is -0.121. The monoisotopic (exact) mass is 326 g/mol. The highest BCUT2D eigenvalue weighted by molar-refractivity contribution is 6.07. The Kier molecular flexibility index (Phi) is 3.87. The van der Waals surface area contributed by atoms with E-state index in [1.54, 1.807) is 11.9 Å². The second-order valence-electron chi connectivity index (χ2n) is 6.53. The van der Waals surface area contributed by atoms with E-state index >= 15 is 0 Å². The molecule has 0 saturated heterocycles. The molecule has 0 bridgehead atoms. The van der Waals surface area contributed by atoms with Crippen molar-refractivity contribution in [3.63, 3.8) is 0 Å². The van der Waals surface area contributed by atoms with Gasteiger partial charge in [-0.2, -0.15) is 0 Å². The van der Waals surface area contributed by atoms with Crippen LogP contribution in [0.15, 0.2) is 42.5 Å². The minimum Gasteiger partial charge on any atom is -0.348 e. The van der Waals surface area contributed by atoms with E-state index in [0.717, 1.165) is 16.8 Å². The van der Waals surface area contributed by atoms with Gasteiger partial charge in [0, 0.05) is 24.8 Å². The Morgan fingerprint density at radius 3 is 2.50 bits per heavy atom. The summed E-state index contributed by atoms with van der Waals surface area (Å²) in [6.07, 6.45) is 0. The van der Waals surface area contributed by atoms with Crippen LogP contribution in [0.3, 0.4) is 0 Å². The molecule has 5 heteroatoms. The topological polar surface area (TPSA) is 49.4 Å². The first-order valence-electron chi connectivity index (χ1n) is 7.76. The molecular formula is C19H19FN2O2. The molecule has 0 atom stereocenters. The van der Waals surface area contributed by atoms with Crippen LogP contribution >= 0.6 is 0 Å². The number of carbonyl (C=O) groups is 2. The van der Waals surface area contributed by atoms with Gasteiger partial charge in [-0.15, -0.1) is 0 Å². The maximum Gasteiger partial charge on any atom is 0.251 e. The van der Waals surface area contributed by atoms with Gasteiger partial charge in [0.05, 0.1) is 5.41 Å². The summed E-state index contributed by atoms with van der Waals surface area (Å²) >= 11 is 0. The van der Waals surface area contributed by atoms with E-state index in [0.29, 0.717) is 12.1 Å². The number of hydrogen-bond donors (Lipinski definition) is 1. The quantitative estimate of drug-likeness (QED) is 0.942. The molecule has 1 heterocycles. The zero-order valence-electron chi connectivity index (χ0n) is 13.9. The third kappa shape index (κ3) is 2.66. The maximum absolute atomic E-state index is 12.9. The number of nitrogens with zero attached hydrogens (tertiary/aromatic N) is 1. The number of amides is 2. The number of benzene rings is 2. The fourth-order valence-electron chi connectivity index (χ4n) is 3.02.